The molecule has 42 heavy (non-hydrogen) atoms. The summed E-state index contributed by atoms with van der Waals surface area (Å²) in [6.45, 7) is 13.6. The van der Waals surface area contributed by atoms with E-state index in [1.165, 1.54) is 12.5 Å². The zero-order chi connectivity index (χ0) is 30.8. The lowest BCUT2D eigenvalue weighted by atomic mass is 10.0. The summed E-state index contributed by atoms with van der Waals surface area (Å²) in [6.07, 6.45) is 3.24. The first-order valence-corrected chi connectivity index (χ1v) is 18.2. The topological polar surface area (TPSA) is 105 Å². The Labute approximate surface area is 263 Å². The first kappa shape index (κ1) is 33.0. The molecule has 1 aromatic carbocycles. The van der Waals surface area contributed by atoms with Crippen molar-refractivity contribution in [3.8, 4) is 0 Å². The number of rotatable bonds is 12. The molecule has 1 aliphatic carbocycles. The maximum atomic E-state index is 13.7. The molecular weight excluding hydrogens is 609 g/mol. The van der Waals surface area contributed by atoms with Gasteiger partial charge in [-0.05, 0) is 53.2 Å². The fraction of sp³-hybridized carbons (Fsp3) is 0.516. The van der Waals surface area contributed by atoms with E-state index >= 15 is 0 Å². The highest BCUT2D eigenvalue weighted by Gasteiger charge is 2.49. The van der Waals surface area contributed by atoms with Crippen molar-refractivity contribution in [1.82, 2.24) is 9.97 Å². The lowest BCUT2D eigenvalue weighted by Crippen LogP contribution is -2.51. The number of thiophene rings is 1. The van der Waals surface area contributed by atoms with Gasteiger partial charge in [0.2, 0.25) is 14.1 Å². The van der Waals surface area contributed by atoms with Crippen molar-refractivity contribution in [2.24, 2.45) is 5.92 Å². The van der Waals surface area contributed by atoms with Crippen molar-refractivity contribution in [1.29, 1.82) is 0 Å². The number of carbonyl (C=O) groups excluding carboxylic acids is 1. The first-order valence-electron chi connectivity index (χ1n) is 14.5. The fourth-order valence-corrected chi connectivity index (χ4v) is 13.8. The van der Waals surface area contributed by atoms with Crippen LogP contribution in [-0.2, 0) is 4.43 Å². The van der Waals surface area contributed by atoms with E-state index in [4.69, 9.17) is 27.6 Å². The Morgan fingerprint density at radius 1 is 1.12 bits per heavy atom. The summed E-state index contributed by atoms with van der Waals surface area (Å²) < 4.78 is 7.40. The molecule has 3 N–H and O–H groups in total. The number of anilines is 1. The van der Waals surface area contributed by atoms with Crippen LogP contribution in [0, 0.1) is 5.92 Å². The van der Waals surface area contributed by atoms with Gasteiger partial charge in [0.15, 0.2) is 0 Å². The predicted molar refractivity (Wildman–Crippen MR) is 173 cm³/mol. The second-order valence-electron chi connectivity index (χ2n) is 12.1. The Morgan fingerprint density at radius 3 is 2.43 bits per heavy atom. The summed E-state index contributed by atoms with van der Waals surface area (Å²) in [6, 6.07) is 8.50. The quantitative estimate of drug-likeness (QED) is 0.135. The summed E-state index contributed by atoms with van der Waals surface area (Å²) in [5.74, 6) is 0.141. The molecule has 11 heteroatoms. The lowest BCUT2D eigenvalue weighted by molar-refractivity contribution is 0.0941. The van der Waals surface area contributed by atoms with E-state index in [1.54, 1.807) is 30.3 Å². The average molecular weight is 651 g/mol. The predicted octanol–water partition coefficient (Wildman–Crippen LogP) is 7.90. The Kier molecular flexibility index (Phi) is 10.9. The highest BCUT2D eigenvalue weighted by Crippen LogP contribution is 2.46. The van der Waals surface area contributed by atoms with Gasteiger partial charge in [-0.2, -0.15) is 0 Å². The summed E-state index contributed by atoms with van der Waals surface area (Å²) in [7, 11) is -2.14. The van der Waals surface area contributed by atoms with E-state index in [0.29, 0.717) is 66.2 Å². The number of nitrogens with one attached hydrogen (secondary N) is 1. The van der Waals surface area contributed by atoms with Gasteiger partial charge < -0.3 is 20.0 Å². The van der Waals surface area contributed by atoms with Crippen molar-refractivity contribution in [3.05, 3.63) is 73.8 Å². The van der Waals surface area contributed by atoms with Crippen molar-refractivity contribution < 1.29 is 19.4 Å². The molecule has 228 valence electrons. The van der Waals surface area contributed by atoms with Gasteiger partial charge in [-0.3, -0.25) is 4.79 Å². The highest BCUT2D eigenvalue weighted by atomic mass is 35.5. The number of ketones is 1. The SMILES string of the molecule is CC(C)[Si](O[C@H]1C[C@H](Nc2ncncc2C(=O)c2cc(C(O)c3cccc(Cl)c3)c(Cl)s2)C[C@@H]1CO)(C(C)C)C(C)C. The zero-order valence-electron chi connectivity index (χ0n) is 25.0. The molecule has 4 rings (SSSR count). The van der Waals surface area contributed by atoms with Gasteiger partial charge in [-0.1, -0.05) is 76.9 Å². The molecule has 0 aliphatic heterocycles. The van der Waals surface area contributed by atoms with Crippen LogP contribution in [0.3, 0.4) is 0 Å². The number of carbonyl (C=O) groups is 1. The van der Waals surface area contributed by atoms with Crippen LogP contribution in [-0.4, -0.2) is 53.0 Å². The lowest BCUT2D eigenvalue weighted by Gasteiger charge is -2.45. The minimum atomic E-state index is -2.14. The van der Waals surface area contributed by atoms with Gasteiger partial charge in [0.1, 0.15) is 18.2 Å². The third-order valence-electron chi connectivity index (χ3n) is 8.62. The third-order valence-corrected chi connectivity index (χ3v) is 16.4. The Morgan fingerprint density at radius 2 is 1.81 bits per heavy atom. The first-order chi connectivity index (χ1) is 19.9. The van der Waals surface area contributed by atoms with Gasteiger partial charge in [0.05, 0.1) is 20.9 Å². The second-order valence-corrected chi connectivity index (χ2v) is 19.6. The van der Waals surface area contributed by atoms with Gasteiger partial charge in [-0.15, -0.1) is 11.3 Å². The van der Waals surface area contributed by atoms with Crippen molar-refractivity contribution in [2.45, 2.75) is 89.3 Å². The summed E-state index contributed by atoms with van der Waals surface area (Å²) in [4.78, 5) is 22.6. The van der Waals surface area contributed by atoms with Gasteiger partial charge in [0, 0.05) is 35.3 Å². The minimum absolute atomic E-state index is 0.00162. The monoisotopic (exact) mass is 649 g/mol. The van der Waals surface area contributed by atoms with Crippen LogP contribution in [0.15, 0.2) is 42.9 Å². The molecule has 0 spiro atoms. The molecule has 2 heterocycles. The van der Waals surface area contributed by atoms with Crippen LogP contribution >= 0.6 is 34.5 Å². The van der Waals surface area contributed by atoms with Crippen LogP contribution in [0.5, 0.6) is 0 Å². The molecule has 1 fully saturated rings. The number of nitrogens with zero attached hydrogens (tertiary/aromatic N) is 2. The maximum absolute atomic E-state index is 13.7. The summed E-state index contributed by atoms with van der Waals surface area (Å²) >= 11 is 13.7. The second kappa shape index (κ2) is 13.8. The molecule has 0 amide bonds. The maximum Gasteiger partial charge on any atom is 0.208 e. The molecule has 2 aromatic heterocycles. The number of aromatic nitrogens is 2. The Bertz CT molecular complexity index is 1360. The van der Waals surface area contributed by atoms with E-state index in [1.807, 2.05) is 0 Å². The van der Waals surface area contributed by atoms with E-state index in [9.17, 15) is 15.0 Å². The molecule has 0 radical (unpaired) electrons. The van der Waals surface area contributed by atoms with E-state index < -0.39 is 14.4 Å². The van der Waals surface area contributed by atoms with E-state index in [2.05, 4.69) is 56.8 Å². The van der Waals surface area contributed by atoms with Crippen molar-refractivity contribution in [2.75, 3.05) is 11.9 Å². The van der Waals surface area contributed by atoms with Crippen LogP contribution in [0.4, 0.5) is 5.82 Å². The Balaban J connectivity index is 1.55. The van der Waals surface area contributed by atoms with Gasteiger partial charge in [0.25, 0.3) is 0 Å². The highest BCUT2D eigenvalue weighted by molar-refractivity contribution is 7.18. The molecule has 1 aliphatic rings. The zero-order valence-corrected chi connectivity index (χ0v) is 28.3. The van der Waals surface area contributed by atoms with Crippen LogP contribution in [0.2, 0.25) is 26.0 Å². The smallest absolute Gasteiger partial charge is 0.208 e. The van der Waals surface area contributed by atoms with Gasteiger partial charge >= 0.3 is 0 Å². The fourth-order valence-electron chi connectivity index (χ4n) is 6.69. The molecule has 0 bridgehead atoms. The Hall–Kier alpha value is -1.85. The average Bonchev–Trinajstić information content (AvgIpc) is 3.52. The normalized spacial score (nSPS) is 20.1. The summed E-state index contributed by atoms with van der Waals surface area (Å²) in [5.41, 5.74) is 2.66. The summed E-state index contributed by atoms with van der Waals surface area (Å²) in [5, 5.41) is 25.2. The minimum Gasteiger partial charge on any atom is -0.413 e. The van der Waals surface area contributed by atoms with E-state index in [-0.39, 0.29) is 30.5 Å². The number of aliphatic hydroxyl groups excluding tert-OH is 2. The van der Waals surface area contributed by atoms with Crippen LogP contribution in [0.25, 0.3) is 0 Å². The number of hydrogen-bond donors (Lipinski definition) is 3. The standard InChI is InChI=1S/C31H41Cl2N3O4SSi/c1-17(2)42(18(3)4,19(5)6)40-26-12-23(11-21(26)15-37)36-31-25(14-34-16-35-31)29(39)27-13-24(30(33)41-27)28(38)20-8-7-9-22(32)10-20/h7-10,13-14,16-19,21,23,26,28,37-38H,11-12,15H2,1-6H3,(H,34,35,36)/t21-,23-,26+,28?/m1/s1. The van der Waals surface area contributed by atoms with Crippen molar-refractivity contribution in [3.63, 3.8) is 0 Å². The molecule has 3 aromatic rings. The van der Waals surface area contributed by atoms with Crippen molar-refractivity contribution >= 4 is 54.5 Å². The van der Waals surface area contributed by atoms with Crippen LogP contribution in [0.1, 0.15) is 86.9 Å². The van der Waals surface area contributed by atoms with E-state index in [0.717, 1.165) is 11.3 Å². The third kappa shape index (κ3) is 6.77. The molecule has 7 nitrogen and oxygen atoms in total. The number of halogens is 2. The molecule has 4 atom stereocenters. The largest absolute Gasteiger partial charge is 0.413 e. The van der Waals surface area contributed by atoms with Crippen LogP contribution < -0.4 is 5.32 Å². The molecule has 1 unspecified atom stereocenters. The number of benzene rings is 1. The molecule has 0 saturated heterocycles. The number of hydrogen-bond acceptors (Lipinski definition) is 8. The molecular formula is C31H41Cl2N3O4SSi. The van der Waals surface area contributed by atoms with Gasteiger partial charge in [-0.25, -0.2) is 9.97 Å². The number of aliphatic hydroxyl groups is 2. The molecule has 1 saturated carbocycles.